The van der Waals surface area contributed by atoms with Gasteiger partial charge in [0.05, 0.1) is 19.3 Å². The second-order valence-electron chi connectivity index (χ2n) is 6.89. The molecule has 138 valence electrons. The van der Waals surface area contributed by atoms with Gasteiger partial charge in [-0.2, -0.15) is 0 Å². The number of guanidine groups is 1. The van der Waals surface area contributed by atoms with Crippen molar-refractivity contribution in [2.45, 2.75) is 38.5 Å². The molecule has 1 aromatic rings. The van der Waals surface area contributed by atoms with Crippen LogP contribution in [-0.2, 0) is 11.3 Å². The summed E-state index contributed by atoms with van der Waals surface area (Å²) in [5.74, 6) is 0.936. The fourth-order valence-corrected chi connectivity index (χ4v) is 4.02. The topological polar surface area (TPSA) is 40.1 Å². The predicted molar refractivity (Wildman–Crippen MR) is 106 cm³/mol. The third-order valence-electron chi connectivity index (χ3n) is 4.97. The van der Waals surface area contributed by atoms with Crippen molar-refractivity contribution in [3.8, 4) is 0 Å². The van der Waals surface area contributed by atoms with Crippen molar-refractivity contribution >= 4 is 21.9 Å². The maximum absolute atomic E-state index is 6.04. The SMILES string of the molecule is CCNC(=NCC1CN2CCCC2CO1)N(C)Cc1ccccc1Br. The lowest BCUT2D eigenvalue weighted by molar-refractivity contribution is -0.0432. The summed E-state index contributed by atoms with van der Waals surface area (Å²) in [6, 6.07) is 8.98. The van der Waals surface area contributed by atoms with Crippen molar-refractivity contribution in [2.75, 3.05) is 39.8 Å². The molecule has 2 fully saturated rings. The number of halogens is 1. The Hall–Kier alpha value is -1.11. The average Bonchev–Trinajstić information content (AvgIpc) is 3.08. The van der Waals surface area contributed by atoms with Crippen LogP contribution < -0.4 is 5.32 Å². The van der Waals surface area contributed by atoms with Crippen LogP contribution in [0.25, 0.3) is 0 Å². The van der Waals surface area contributed by atoms with Crippen molar-refractivity contribution in [1.82, 2.24) is 15.1 Å². The molecule has 0 amide bonds. The smallest absolute Gasteiger partial charge is 0.194 e. The second-order valence-corrected chi connectivity index (χ2v) is 7.74. The number of nitrogens with one attached hydrogen (secondary N) is 1. The van der Waals surface area contributed by atoms with Crippen LogP contribution >= 0.6 is 15.9 Å². The number of aliphatic imine (C=N–C) groups is 1. The van der Waals surface area contributed by atoms with Gasteiger partial charge in [-0.3, -0.25) is 9.89 Å². The molecule has 0 spiro atoms. The first-order valence-corrected chi connectivity index (χ1v) is 10.0. The molecular weight excluding hydrogens is 380 g/mol. The van der Waals surface area contributed by atoms with Gasteiger partial charge in [-0.05, 0) is 37.9 Å². The molecule has 0 bridgehead atoms. The van der Waals surface area contributed by atoms with E-state index in [9.17, 15) is 0 Å². The van der Waals surface area contributed by atoms with E-state index in [4.69, 9.17) is 9.73 Å². The number of morpholine rings is 1. The Morgan fingerprint density at radius 2 is 2.28 bits per heavy atom. The summed E-state index contributed by atoms with van der Waals surface area (Å²) in [5.41, 5.74) is 1.25. The number of ether oxygens (including phenoxy) is 1. The first kappa shape index (κ1) is 18.7. The van der Waals surface area contributed by atoms with E-state index >= 15 is 0 Å². The van der Waals surface area contributed by atoms with Gasteiger partial charge in [0.2, 0.25) is 0 Å². The van der Waals surface area contributed by atoms with Crippen LogP contribution in [0, 0.1) is 0 Å². The Kier molecular flexibility index (Phi) is 6.73. The number of nitrogens with zero attached hydrogens (tertiary/aromatic N) is 3. The molecule has 0 aliphatic carbocycles. The summed E-state index contributed by atoms with van der Waals surface area (Å²) < 4.78 is 7.17. The highest BCUT2D eigenvalue weighted by Gasteiger charge is 2.32. The minimum Gasteiger partial charge on any atom is -0.373 e. The van der Waals surface area contributed by atoms with E-state index in [2.05, 4.69) is 63.2 Å². The van der Waals surface area contributed by atoms with Crippen LogP contribution in [0.5, 0.6) is 0 Å². The van der Waals surface area contributed by atoms with Crippen LogP contribution in [0.4, 0.5) is 0 Å². The van der Waals surface area contributed by atoms with E-state index < -0.39 is 0 Å². The largest absolute Gasteiger partial charge is 0.373 e. The monoisotopic (exact) mass is 408 g/mol. The molecule has 25 heavy (non-hydrogen) atoms. The summed E-state index contributed by atoms with van der Waals surface area (Å²) in [5, 5.41) is 3.40. The molecule has 0 radical (unpaired) electrons. The third kappa shape index (κ3) is 4.96. The zero-order valence-corrected chi connectivity index (χ0v) is 16.8. The highest BCUT2D eigenvalue weighted by Crippen LogP contribution is 2.22. The first-order chi connectivity index (χ1) is 12.2. The van der Waals surface area contributed by atoms with Crippen molar-refractivity contribution < 1.29 is 4.74 Å². The maximum atomic E-state index is 6.04. The number of rotatable bonds is 5. The summed E-state index contributed by atoms with van der Waals surface area (Å²) >= 11 is 3.63. The molecule has 2 saturated heterocycles. The fraction of sp³-hybridized carbons (Fsp3) is 0.632. The van der Waals surface area contributed by atoms with Crippen LogP contribution in [0.1, 0.15) is 25.3 Å². The standard InChI is InChI=1S/C19H29BrN4O/c1-3-21-19(23(2)12-15-7-4-5-9-18(15)20)22-11-17-13-24-10-6-8-16(24)14-25-17/h4-5,7,9,16-17H,3,6,8,10-14H2,1-2H3,(H,21,22). The number of fused-ring (bicyclic) bond motifs is 1. The summed E-state index contributed by atoms with van der Waals surface area (Å²) in [4.78, 5) is 9.58. The lowest BCUT2D eigenvalue weighted by atomic mass is 10.2. The van der Waals surface area contributed by atoms with E-state index in [1.807, 2.05) is 6.07 Å². The van der Waals surface area contributed by atoms with Crippen LogP contribution in [0.15, 0.2) is 33.7 Å². The van der Waals surface area contributed by atoms with Gasteiger partial charge in [0.15, 0.2) is 5.96 Å². The van der Waals surface area contributed by atoms with Gasteiger partial charge >= 0.3 is 0 Å². The maximum Gasteiger partial charge on any atom is 0.194 e. The van der Waals surface area contributed by atoms with Gasteiger partial charge in [0, 0.05) is 37.2 Å². The molecule has 6 heteroatoms. The van der Waals surface area contributed by atoms with Crippen molar-refractivity contribution in [2.24, 2.45) is 4.99 Å². The number of benzene rings is 1. The van der Waals surface area contributed by atoms with Crippen LogP contribution in [-0.4, -0.2) is 67.7 Å². The molecule has 2 aliphatic heterocycles. The van der Waals surface area contributed by atoms with Crippen molar-refractivity contribution in [1.29, 1.82) is 0 Å². The molecule has 1 aromatic carbocycles. The van der Waals surface area contributed by atoms with Gasteiger partial charge in [-0.1, -0.05) is 34.1 Å². The Morgan fingerprint density at radius 3 is 3.08 bits per heavy atom. The van der Waals surface area contributed by atoms with Crippen molar-refractivity contribution in [3.63, 3.8) is 0 Å². The highest BCUT2D eigenvalue weighted by atomic mass is 79.9. The molecule has 5 nitrogen and oxygen atoms in total. The Labute approximate surface area is 159 Å². The zero-order chi connectivity index (χ0) is 17.6. The number of hydrogen-bond donors (Lipinski definition) is 1. The van der Waals surface area contributed by atoms with Crippen LogP contribution in [0.2, 0.25) is 0 Å². The van der Waals surface area contributed by atoms with Crippen molar-refractivity contribution in [3.05, 3.63) is 34.3 Å². The van der Waals surface area contributed by atoms with Gasteiger partial charge in [0.25, 0.3) is 0 Å². The van der Waals surface area contributed by atoms with Gasteiger partial charge < -0.3 is 15.0 Å². The number of hydrogen-bond acceptors (Lipinski definition) is 3. The van der Waals surface area contributed by atoms with Crippen LogP contribution in [0.3, 0.4) is 0 Å². The van der Waals surface area contributed by atoms with Gasteiger partial charge in [0.1, 0.15) is 0 Å². The minimum absolute atomic E-state index is 0.208. The van der Waals surface area contributed by atoms with Gasteiger partial charge in [-0.25, -0.2) is 0 Å². The molecule has 3 rings (SSSR count). The van der Waals surface area contributed by atoms with E-state index in [1.54, 1.807) is 0 Å². The third-order valence-corrected chi connectivity index (χ3v) is 5.74. The Morgan fingerprint density at radius 1 is 1.44 bits per heavy atom. The predicted octanol–water partition coefficient (Wildman–Crippen LogP) is 2.71. The molecule has 1 N–H and O–H groups in total. The van der Waals surface area contributed by atoms with E-state index in [0.717, 1.165) is 36.7 Å². The highest BCUT2D eigenvalue weighted by molar-refractivity contribution is 9.10. The quantitative estimate of drug-likeness (QED) is 0.600. The minimum atomic E-state index is 0.208. The molecule has 0 saturated carbocycles. The molecule has 2 unspecified atom stereocenters. The lowest BCUT2D eigenvalue weighted by Crippen LogP contribution is -2.47. The lowest BCUT2D eigenvalue weighted by Gasteiger charge is -2.34. The summed E-state index contributed by atoms with van der Waals surface area (Å²) in [6.07, 6.45) is 2.80. The summed E-state index contributed by atoms with van der Waals surface area (Å²) in [6.45, 7) is 7.59. The first-order valence-electron chi connectivity index (χ1n) is 9.26. The molecule has 2 aliphatic rings. The molecular formula is C19H29BrN4O. The fourth-order valence-electron chi connectivity index (χ4n) is 3.61. The van der Waals surface area contributed by atoms with E-state index in [1.165, 1.54) is 24.9 Å². The van der Waals surface area contributed by atoms with E-state index in [0.29, 0.717) is 12.6 Å². The Balaban J connectivity index is 1.59. The molecule has 2 atom stereocenters. The molecule has 0 aromatic heterocycles. The average molecular weight is 409 g/mol. The Bertz CT molecular complexity index is 595. The molecule has 2 heterocycles. The van der Waals surface area contributed by atoms with Gasteiger partial charge in [-0.15, -0.1) is 0 Å². The summed E-state index contributed by atoms with van der Waals surface area (Å²) in [7, 11) is 2.08. The normalized spacial score (nSPS) is 24.2. The zero-order valence-electron chi connectivity index (χ0n) is 15.2. The van der Waals surface area contributed by atoms with E-state index in [-0.39, 0.29) is 6.10 Å². The second kappa shape index (κ2) is 9.01.